The first-order valence-corrected chi connectivity index (χ1v) is 5.66. The van der Waals surface area contributed by atoms with E-state index in [0.29, 0.717) is 24.3 Å². The minimum absolute atomic E-state index is 0.0496. The minimum Gasteiger partial charge on any atom is -0.363 e. The van der Waals surface area contributed by atoms with E-state index in [-0.39, 0.29) is 11.5 Å². The highest BCUT2D eigenvalue weighted by Crippen LogP contribution is 2.29. The van der Waals surface area contributed by atoms with E-state index >= 15 is 0 Å². The van der Waals surface area contributed by atoms with Gasteiger partial charge < -0.3 is 4.90 Å². The lowest BCUT2D eigenvalue weighted by molar-refractivity contribution is -0.384. The SMILES string of the molecule is C=CCN(CC)c1ccc(C(C)=O)cc1[N+](=O)[O-]. The van der Waals surface area contributed by atoms with Crippen molar-refractivity contribution in [1.82, 2.24) is 0 Å². The second kappa shape index (κ2) is 5.95. The van der Waals surface area contributed by atoms with Crippen LogP contribution < -0.4 is 4.90 Å². The molecule has 0 N–H and O–H groups in total. The number of nitrogens with zero attached hydrogens (tertiary/aromatic N) is 2. The van der Waals surface area contributed by atoms with Crippen molar-refractivity contribution in [2.45, 2.75) is 13.8 Å². The molecule has 0 radical (unpaired) electrons. The predicted octanol–water partition coefficient (Wildman–Crippen LogP) is 2.81. The van der Waals surface area contributed by atoms with Gasteiger partial charge in [0.1, 0.15) is 5.69 Å². The maximum Gasteiger partial charge on any atom is 0.293 e. The van der Waals surface area contributed by atoms with E-state index in [0.717, 1.165) is 0 Å². The van der Waals surface area contributed by atoms with Gasteiger partial charge in [-0.3, -0.25) is 14.9 Å². The van der Waals surface area contributed by atoms with Crippen molar-refractivity contribution >= 4 is 17.2 Å². The molecule has 0 saturated heterocycles. The lowest BCUT2D eigenvalue weighted by Gasteiger charge is -2.21. The summed E-state index contributed by atoms with van der Waals surface area (Å²) in [5.74, 6) is -0.184. The van der Waals surface area contributed by atoms with Crippen LogP contribution in [-0.2, 0) is 0 Å². The standard InChI is InChI=1S/C13H16N2O3/c1-4-8-14(5-2)12-7-6-11(10(3)16)9-13(12)15(17)18/h4,6-7,9H,1,5,8H2,2-3H3. The number of anilines is 1. The molecule has 0 aliphatic carbocycles. The van der Waals surface area contributed by atoms with E-state index in [4.69, 9.17) is 0 Å². The van der Waals surface area contributed by atoms with Gasteiger partial charge in [-0.15, -0.1) is 6.58 Å². The Hall–Kier alpha value is -2.17. The molecule has 18 heavy (non-hydrogen) atoms. The van der Waals surface area contributed by atoms with Gasteiger partial charge in [0.15, 0.2) is 5.78 Å². The summed E-state index contributed by atoms with van der Waals surface area (Å²) < 4.78 is 0. The highest BCUT2D eigenvalue weighted by molar-refractivity contribution is 5.95. The quantitative estimate of drug-likeness (QED) is 0.336. The van der Waals surface area contributed by atoms with E-state index in [1.807, 2.05) is 11.8 Å². The number of carbonyl (C=O) groups excluding carboxylic acids is 1. The monoisotopic (exact) mass is 248 g/mol. The first kappa shape index (κ1) is 13.9. The summed E-state index contributed by atoms with van der Waals surface area (Å²) in [7, 11) is 0. The van der Waals surface area contributed by atoms with Gasteiger partial charge in [0.2, 0.25) is 0 Å². The van der Waals surface area contributed by atoms with Crippen LogP contribution in [0.1, 0.15) is 24.2 Å². The molecule has 0 unspecified atom stereocenters. The molecule has 1 rings (SSSR count). The summed E-state index contributed by atoms with van der Waals surface area (Å²) in [5.41, 5.74) is 0.805. The summed E-state index contributed by atoms with van der Waals surface area (Å²) in [6, 6.07) is 4.54. The summed E-state index contributed by atoms with van der Waals surface area (Å²) in [6.45, 7) is 8.08. The average molecular weight is 248 g/mol. The molecule has 0 amide bonds. The van der Waals surface area contributed by atoms with E-state index < -0.39 is 4.92 Å². The van der Waals surface area contributed by atoms with Crippen molar-refractivity contribution in [3.8, 4) is 0 Å². The number of carbonyl (C=O) groups is 1. The maximum absolute atomic E-state index is 11.2. The van der Waals surface area contributed by atoms with Gasteiger partial charge >= 0.3 is 0 Å². The second-order valence-electron chi connectivity index (χ2n) is 3.84. The number of Topliss-reactive ketones (excluding diaryl/α,β-unsaturated/α-hetero) is 1. The molecule has 0 aromatic heterocycles. The normalized spacial score (nSPS) is 9.89. The number of nitro benzene ring substituents is 1. The van der Waals surface area contributed by atoms with E-state index in [1.165, 1.54) is 13.0 Å². The van der Waals surface area contributed by atoms with Crippen LogP contribution in [0.15, 0.2) is 30.9 Å². The molecule has 0 atom stereocenters. The fourth-order valence-electron chi connectivity index (χ4n) is 1.71. The van der Waals surface area contributed by atoms with Crippen molar-refractivity contribution in [2.24, 2.45) is 0 Å². The third-order valence-corrected chi connectivity index (χ3v) is 2.65. The molecule has 0 bridgehead atoms. The highest BCUT2D eigenvalue weighted by atomic mass is 16.6. The minimum atomic E-state index is -0.465. The van der Waals surface area contributed by atoms with Crippen molar-refractivity contribution in [2.75, 3.05) is 18.0 Å². The van der Waals surface area contributed by atoms with Crippen LogP contribution in [0.25, 0.3) is 0 Å². The van der Waals surface area contributed by atoms with Gasteiger partial charge in [-0.2, -0.15) is 0 Å². The molecule has 0 aliphatic rings. The third kappa shape index (κ3) is 2.94. The summed E-state index contributed by atoms with van der Waals surface area (Å²) >= 11 is 0. The van der Waals surface area contributed by atoms with Crippen LogP contribution in [0.3, 0.4) is 0 Å². The lowest BCUT2D eigenvalue weighted by atomic mass is 10.1. The van der Waals surface area contributed by atoms with Gasteiger partial charge in [-0.25, -0.2) is 0 Å². The second-order valence-corrected chi connectivity index (χ2v) is 3.84. The summed E-state index contributed by atoms with van der Waals surface area (Å²) in [4.78, 5) is 23.7. The molecule has 5 heteroatoms. The largest absolute Gasteiger partial charge is 0.363 e. The molecule has 5 nitrogen and oxygen atoms in total. The van der Waals surface area contributed by atoms with Crippen LogP contribution in [0.4, 0.5) is 11.4 Å². The zero-order chi connectivity index (χ0) is 13.7. The van der Waals surface area contributed by atoms with Crippen LogP contribution in [0, 0.1) is 10.1 Å². The lowest BCUT2D eigenvalue weighted by Crippen LogP contribution is -2.23. The number of ketones is 1. The van der Waals surface area contributed by atoms with Gasteiger partial charge in [-0.1, -0.05) is 6.08 Å². The fourth-order valence-corrected chi connectivity index (χ4v) is 1.71. The Morgan fingerprint density at radius 2 is 2.22 bits per heavy atom. The Bertz CT molecular complexity index is 483. The van der Waals surface area contributed by atoms with Crippen LogP contribution in [0.2, 0.25) is 0 Å². The zero-order valence-electron chi connectivity index (χ0n) is 10.5. The van der Waals surface area contributed by atoms with Gasteiger partial charge in [0, 0.05) is 24.7 Å². The third-order valence-electron chi connectivity index (χ3n) is 2.65. The van der Waals surface area contributed by atoms with E-state index in [1.54, 1.807) is 18.2 Å². The smallest absolute Gasteiger partial charge is 0.293 e. The molecule has 1 aromatic rings. The molecular weight excluding hydrogens is 232 g/mol. The Morgan fingerprint density at radius 1 is 1.56 bits per heavy atom. The molecule has 1 aromatic carbocycles. The van der Waals surface area contributed by atoms with Crippen molar-refractivity contribution in [1.29, 1.82) is 0 Å². The molecule has 0 aliphatic heterocycles. The fraction of sp³-hybridized carbons (Fsp3) is 0.308. The Kier molecular flexibility index (Phi) is 4.59. The molecular formula is C13H16N2O3. The highest BCUT2D eigenvalue weighted by Gasteiger charge is 2.19. The molecule has 0 spiro atoms. The van der Waals surface area contributed by atoms with Crippen LogP contribution in [0.5, 0.6) is 0 Å². The van der Waals surface area contributed by atoms with Crippen LogP contribution >= 0.6 is 0 Å². The number of hydrogen-bond acceptors (Lipinski definition) is 4. The van der Waals surface area contributed by atoms with E-state index in [2.05, 4.69) is 6.58 Å². The van der Waals surface area contributed by atoms with Crippen molar-refractivity contribution < 1.29 is 9.72 Å². The average Bonchev–Trinajstić information content (AvgIpc) is 2.35. The Labute approximate surface area is 106 Å². The topological polar surface area (TPSA) is 63.5 Å². The Morgan fingerprint density at radius 3 is 2.67 bits per heavy atom. The number of rotatable bonds is 6. The Balaban J connectivity index is 3.30. The molecule has 96 valence electrons. The predicted molar refractivity (Wildman–Crippen MR) is 71.2 cm³/mol. The first-order valence-electron chi connectivity index (χ1n) is 5.66. The number of benzene rings is 1. The zero-order valence-corrected chi connectivity index (χ0v) is 10.5. The van der Waals surface area contributed by atoms with Crippen LogP contribution in [-0.4, -0.2) is 23.8 Å². The molecule has 0 fully saturated rings. The van der Waals surface area contributed by atoms with Gasteiger partial charge in [0.05, 0.1) is 4.92 Å². The first-order chi connectivity index (χ1) is 8.51. The number of likely N-dealkylation sites (N-methyl/N-ethyl adjacent to an activating group) is 1. The molecule has 0 heterocycles. The van der Waals surface area contributed by atoms with Crippen molar-refractivity contribution in [3.05, 3.63) is 46.5 Å². The summed E-state index contributed by atoms with van der Waals surface area (Å²) in [5, 5.41) is 11.1. The van der Waals surface area contributed by atoms with Gasteiger partial charge in [0.25, 0.3) is 5.69 Å². The number of hydrogen-bond donors (Lipinski definition) is 0. The van der Waals surface area contributed by atoms with E-state index in [9.17, 15) is 14.9 Å². The van der Waals surface area contributed by atoms with Crippen molar-refractivity contribution in [3.63, 3.8) is 0 Å². The van der Waals surface area contributed by atoms with Gasteiger partial charge in [-0.05, 0) is 26.0 Å². The summed E-state index contributed by atoms with van der Waals surface area (Å²) in [6.07, 6.45) is 1.69. The molecule has 0 saturated carbocycles. The number of nitro groups is 1. The maximum atomic E-state index is 11.2.